The lowest BCUT2D eigenvalue weighted by Crippen LogP contribution is -2.42. The van der Waals surface area contributed by atoms with Gasteiger partial charge in [0.05, 0.1) is 12.5 Å². The van der Waals surface area contributed by atoms with E-state index in [1.165, 1.54) is 32.1 Å². The van der Waals surface area contributed by atoms with Gasteiger partial charge in [0.15, 0.2) is 0 Å². The number of hydrogen-bond acceptors (Lipinski definition) is 2. The van der Waals surface area contributed by atoms with Crippen LogP contribution in [0.2, 0.25) is 0 Å². The van der Waals surface area contributed by atoms with Crippen LogP contribution >= 0.6 is 15.9 Å². The van der Waals surface area contributed by atoms with E-state index in [0.717, 1.165) is 24.9 Å². The van der Waals surface area contributed by atoms with Crippen molar-refractivity contribution in [2.75, 3.05) is 25.1 Å². The fourth-order valence-electron chi connectivity index (χ4n) is 2.82. The molecule has 0 aromatic carbocycles. The molecule has 17 heavy (non-hydrogen) atoms. The molecule has 1 aliphatic carbocycles. The van der Waals surface area contributed by atoms with Gasteiger partial charge in [-0.1, -0.05) is 35.2 Å². The predicted molar refractivity (Wildman–Crippen MR) is 71.2 cm³/mol. The molecule has 2 aliphatic rings. The van der Waals surface area contributed by atoms with Gasteiger partial charge >= 0.3 is 0 Å². The van der Waals surface area contributed by atoms with Gasteiger partial charge in [0.25, 0.3) is 0 Å². The van der Waals surface area contributed by atoms with E-state index in [1.807, 2.05) is 0 Å². The zero-order valence-corrected chi connectivity index (χ0v) is 11.9. The Morgan fingerprint density at radius 2 is 2.12 bits per heavy atom. The van der Waals surface area contributed by atoms with Gasteiger partial charge in [-0.3, -0.25) is 4.79 Å². The number of ether oxygens (including phenoxy) is 1. The van der Waals surface area contributed by atoms with E-state index >= 15 is 0 Å². The number of carbonyl (C=O) groups excluding carboxylic acids is 1. The SMILES string of the molecule is O=C(NCC1(CBr)CCCCC1)C1CCOC1. The van der Waals surface area contributed by atoms with Crippen molar-refractivity contribution in [3.63, 3.8) is 0 Å². The summed E-state index contributed by atoms with van der Waals surface area (Å²) in [5.41, 5.74) is 0.299. The normalized spacial score (nSPS) is 27.9. The Morgan fingerprint density at radius 3 is 2.71 bits per heavy atom. The molecule has 1 heterocycles. The summed E-state index contributed by atoms with van der Waals surface area (Å²) < 4.78 is 5.25. The zero-order chi connectivity index (χ0) is 12.1. The molecule has 1 saturated carbocycles. The molecule has 0 aromatic rings. The molecule has 0 bridgehead atoms. The molecule has 1 aliphatic heterocycles. The van der Waals surface area contributed by atoms with Crippen molar-refractivity contribution >= 4 is 21.8 Å². The molecular weight excluding hydrogens is 282 g/mol. The summed E-state index contributed by atoms with van der Waals surface area (Å²) in [6, 6.07) is 0. The van der Waals surface area contributed by atoms with Crippen molar-refractivity contribution in [1.82, 2.24) is 5.32 Å². The summed E-state index contributed by atoms with van der Waals surface area (Å²) in [7, 11) is 0. The van der Waals surface area contributed by atoms with Gasteiger partial charge in [0, 0.05) is 18.5 Å². The standard InChI is InChI=1S/C13H22BrNO2/c14-9-13(5-2-1-3-6-13)10-15-12(16)11-4-7-17-8-11/h11H,1-10H2,(H,15,16). The van der Waals surface area contributed by atoms with Gasteiger partial charge < -0.3 is 10.1 Å². The smallest absolute Gasteiger partial charge is 0.225 e. The number of amides is 1. The lowest BCUT2D eigenvalue weighted by Gasteiger charge is -2.36. The number of alkyl halides is 1. The van der Waals surface area contributed by atoms with Crippen molar-refractivity contribution < 1.29 is 9.53 Å². The molecule has 1 atom stereocenters. The van der Waals surface area contributed by atoms with Gasteiger partial charge in [0.1, 0.15) is 0 Å². The third-order valence-corrected chi connectivity index (χ3v) is 5.33. The van der Waals surface area contributed by atoms with Crippen molar-refractivity contribution in [2.45, 2.75) is 38.5 Å². The molecule has 0 aromatic heterocycles. The van der Waals surface area contributed by atoms with Crippen LogP contribution in [0.1, 0.15) is 38.5 Å². The lowest BCUT2D eigenvalue weighted by atomic mass is 9.75. The highest BCUT2D eigenvalue weighted by atomic mass is 79.9. The highest BCUT2D eigenvalue weighted by molar-refractivity contribution is 9.09. The molecule has 1 amide bonds. The Labute approximate surface area is 112 Å². The molecule has 0 spiro atoms. The molecule has 4 heteroatoms. The molecule has 0 radical (unpaired) electrons. The first-order valence-corrected chi connectivity index (χ1v) is 7.79. The zero-order valence-electron chi connectivity index (χ0n) is 10.3. The Hall–Kier alpha value is -0.0900. The fraction of sp³-hybridized carbons (Fsp3) is 0.923. The third-order valence-electron chi connectivity index (χ3n) is 4.14. The maximum absolute atomic E-state index is 11.9. The number of nitrogens with one attached hydrogen (secondary N) is 1. The minimum absolute atomic E-state index is 0.0889. The summed E-state index contributed by atoms with van der Waals surface area (Å²) >= 11 is 3.63. The second kappa shape index (κ2) is 6.19. The Morgan fingerprint density at radius 1 is 1.35 bits per heavy atom. The minimum Gasteiger partial charge on any atom is -0.381 e. The van der Waals surface area contributed by atoms with E-state index in [2.05, 4.69) is 21.2 Å². The van der Waals surface area contributed by atoms with Gasteiger partial charge in [0.2, 0.25) is 5.91 Å². The average molecular weight is 304 g/mol. The maximum atomic E-state index is 11.9. The van der Waals surface area contributed by atoms with Gasteiger partial charge in [-0.05, 0) is 24.7 Å². The third kappa shape index (κ3) is 3.44. The summed E-state index contributed by atoms with van der Waals surface area (Å²) in [6.45, 7) is 2.17. The van der Waals surface area contributed by atoms with Crippen molar-refractivity contribution in [3.8, 4) is 0 Å². The molecule has 3 nitrogen and oxygen atoms in total. The molecule has 1 unspecified atom stereocenters. The summed E-state index contributed by atoms with van der Waals surface area (Å²) in [4.78, 5) is 11.9. The number of halogens is 1. The average Bonchev–Trinajstić information content (AvgIpc) is 2.91. The van der Waals surface area contributed by atoms with Crippen LogP contribution in [-0.4, -0.2) is 31.0 Å². The van der Waals surface area contributed by atoms with Crippen molar-refractivity contribution in [3.05, 3.63) is 0 Å². The first-order valence-electron chi connectivity index (χ1n) is 6.67. The van der Waals surface area contributed by atoms with E-state index in [1.54, 1.807) is 0 Å². The van der Waals surface area contributed by atoms with Gasteiger partial charge in [-0.25, -0.2) is 0 Å². The first kappa shape index (κ1) is 13.3. The van der Waals surface area contributed by atoms with Crippen LogP contribution < -0.4 is 5.32 Å². The van der Waals surface area contributed by atoms with Crippen LogP contribution in [0.4, 0.5) is 0 Å². The number of rotatable bonds is 4. The predicted octanol–water partition coefficient (Wildman–Crippen LogP) is 2.48. The van der Waals surface area contributed by atoms with Crippen LogP contribution in [0.3, 0.4) is 0 Å². The largest absolute Gasteiger partial charge is 0.381 e. The number of hydrogen-bond donors (Lipinski definition) is 1. The van der Waals surface area contributed by atoms with E-state index in [4.69, 9.17) is 4.74 Å². The van der Waals surface area contributed by atoms with E-state index in [9.17, 15) is 4.79 Å². The monoisotopic (exact) mass is 303 g/mol. The molecule has 2 fully saturated rings. The van der Waals surface area contributed by atoms with E-state index < -0.39 is 0 Å². The summed E-state index contributed by atoms with van der Waals surface area (Å²) in [5, 5.41) is 4.14. The maximum Gasteiger partial charge on any atom is 0.225 e. The highest BCUT2D eigenvalue weighted by Gasteiger charge is 2.32. The van der Waals surface area contributed by atoms with Crippen molar-refractivity contribution in [2.24, 2.45) is 11.3 Å². The molecule has 2 rings (SSSR count). The van der Waals surface area contributed by atoms with Gasteiger partial charge in [-0.2, -0.15) is 0 Å². The van der Waals surface area contributed by atoms with Crippen LogP contribution in [0.5, 0.6) is 0 Å². The highest BCUT2D eigenvalue weighted by Crippen LogP contribution is 2.37. The topological polar surface area (TPSA) is 38.3 Å². The molecular formula is C13H22BrNO2. The second-order valence-corrected chi connectivity index (χ2v) is 6.03. The molecule has 1 saturated heterocycles. The van der Waals surface area contributed by atoms with Gasteiger partial charge in [-0.15, -0.1) is 0 Å². The number of carbonyl (C=O) groups is 1. The van der Waals surface area contributed by atoms with Crippen LogP contribution in [0, 0.1) is 11.3 Å². The first-order chi connectivity index (χ1) is 8.26. The Kier molecular flexibility index (Phi) is 4.86. The Bertz CT molecular complexity index is 258. The van der Waals surface area contributed by atoms with Crippen LogP contribution in [-0.2, 0) is 9.53 Å². The fourth-order valence-corrected chi connectivity index (χ4v) is 3.58. The minimum atomic E-state index is 0.0889. The van der Waals surface area contributed by atoms with Crippen LogP contribution in [0.25, 0.3) is 0 Å². The van der Waals surface area contributed by atoms with Crippen molar-refractivity contribution in [1.29, 1.82) is 0 Å². The van der Waals surface area contributed by atoms with E-state index in [0.29, 0.717) is 12.0 Å². The van der Waals surface area contributed by atoms with Crippen LogP contribution in [0.15, 0.2) is 0 Å². The Balaban J connectivity index is 1.80. The quantitative estimate of drug-likeness (QED) is 0.810. The second-order valence-electron chi connectivity index (χ2n) is 5.47. The molecule has 1 N–H and O–H groups in total. The summed E-state index contributed by atoms with van der Waals surface area (Å²) in [6.07, 6.45) is 7.30. The lowest BCUT2D eigenvalue weighted by molar-refractivity contribution is -0.125. The molecule has 98 valence electrons. The van der Waals surface area contributed by atoms with E-state index in [-0.39, 0.29) is 11.8 Å². The summed E-state index contributed by atoms with van der Waals surface area (Å²) in [5.74, 6) is 0.277.